The van der Waals surface area contributed by atoms with Crippen molar-refractivity contribution < 1.29 is 8.42 Å². The molecule has 0 fully saturated rings. The zero-order valence-corrected chi connectivity index (χ0v) is 13.3. The minimum Gasteiger partial charge on any atom is -0.280 e. The Balaban J connectivity index is 2.23. The summed E-state index contributed by atoms with van der Waals surface area (Å²) in [6, 6.07) is 13.9. The Kier molecular flexibility index (Phi) is 4.62. The van der Waals surface area contributed by atoms with E-state index < -0.39 is 10.0 Å². The van der Waals surface area contributed by atoms with E-state index in [1.807, 2.05) is 25.1 Å². The SMILES string of the molecule is Cc1ccc(NS(=O)(=O)c2ccc(/C=C\Br)cc2)cc1. The van der Waals surface area contributed by atoms with Crippen LogP contribution in [0.15, 0.2) is 58.4 Å². The van der Waals surface area contributed by atoms with E-state index in [4.69, 9.17) is 0 Å². The van der Waals surface area contributed by atoms with Crippen LogP contribution in [0.4, 0.5) is 5.69 Å². The Morgan fingerprint density at radius 1 is 1.00 bits per heavy atom. The molecule has 0 heterocycles. The molecule has 0 aromatic heterocycles. The normalized spacial score (nSPS) is 11.7. The topological polar surface area (TPSA) is 46.2 Å². The van der Waals surface area contributed by atoms with Gasteiger partial charge >= 0.3 is 0 Å². The first kappa shape index (κ1) is 14.8. The molecule has 5 heteroatoms. The number of sulfonamides is 1. The highest BCUT2D eigenvalue weighted by atomic mass is 79.9. The van der Waals surface area contributed by atoms with Crippen molar-refractivity contribution in [2.45, 2.75) is 11.8 Å². The number of hydrogen-bond donors (Lipinski definition) is 1. The molecule has 0 spiro atoms. The van der Waals surface area contributed by atoms with Crippen LogP contribution in [0.2, 0.25) is 0 Å². The summed E-state index contributed by atoms with van der Waals surface area (Å²) >= 11 is 3.18. The highest BCUT2D eigenvalue weighted by Crippen LogP contribution is 2.17. The second-order valence-corrected chi connectivity index (χ2v) is 6.54. The molecule has 0 saturated heterocycles. The van der Waals surface area contributed by atoms with Crippen LogP contribution in [0, 0.1) is 6.92 Å². The maximum absolute atomic E-state index is 12.2. The fraction of sp³-hybridized carbons (Fsp3) is 0.0667. The van der Waals surface area contributed by atoms with Gasteiger partial charge in [-0.15, -0.1) is 0 Å². The van der Waals surface area contributed by atoms with Crippen LogP contribution in [0.1, 0.15) is 11.1 Å². The van der Waals surface area contributed by atoms with Crippen LogP contribution >= 0.6 is 15.9 Å². The lowest BCUT2D eigenvalue weighted by Gasteiger charge is -2.08. The van der Waals surface area contributed by atoms with Crippen molar-refractivity contribution in [1.82, 2.24) is 0 Å². The zero-order valence-electron chi connectivity index (χ0n) is 10.9. The Morgan fingerprint density at radius 3 is 2.15 bits per heavy atom. The maximum atomic E-state index is 12.2. The zero-order chi connectivity index (χ0) is 14.6. The minimum atomic E-state index is -3.54. The molecule has 2 aromatic rings. The molecule has 0 radical (unpaired) electrons. The number of halogens is 1. The van der Waals surface area contributed by atoms with Gasteiger partial charge in [-0.3, -0.25) is 4.72 Å². The summed E-state index contributed by atoms with van der Waals surface area (Å²) in [5, 5.41) is 0. The van der Waals surface area contributed by atoms with Gasteiger partial charge in [0.05, 0.1) is 4.90 Å². The fourth-order valence-electron chi connectivity index (χ4n) is 1.67. The molecule has 0 aliphatic heterocycles. The van der Waals surface area contributed by atoms with E-state index in [9.17, 15) is 8.42 Å². The summed E-state index contributed by atoms with van der Waals surface area (Å²) in [7, 11) is -3.54. The predicted molar refractivity (Wildman–Crippen MR) is 86.4 cm³/mol. The molecule has 0 saturated carbocycles. The van der Waals surface area contributed by atoms with Gasteiger partial charge in [0.25, 0.3) is 10.0 Å². The second kappa shape index (κ2) is 6.24. The van der Waals surface area contributed by atoms with Gasteiger partial charge in [0.2, 0.25) is 0 Å². The number of rotatable bonds is 4. The van der Waals surface area contributed by atoms with Gasteiger partial charge in [-0.1, -0.05) is 45.8 Å². The molecule has 20 heavy (non-hydrogen) atoms. The Labute approximate surface area is 127 Å². The number of benzene rings is 2. The third-order valence-electron chi connectivity index (χ3n) is 2.75. The van der Waals surface area contributed by atoms with Gasteiger partial charge < -0.3 is 0 Å². The monoisotopic (exact) mass is 351 g/mol. The van der Waals surface area contributed by atoms with Crippen LogP contribution in [-0.2, 0) is 10.0 Å². The molecule has 0 atom stereocenters. The van der Waals surface area contributed by atoms with Crippen molar-refractivity contribution in [3.05, 3.63) is 64.6 Å². The van der Waals surface area contributed by atoms with E-state index in [2.05, 4.69) is 20.7 Å². The summed E-state index contributed by atoms with van der Waals surface area (Å²) in [6.45, 7) is 1.95. The minimum absolute atomic E-state index is 0.241. The Morgan fingerprint density at radius 2 is 1.60 bits per heavy atom. The first-order chi connectivity index (χ1) is 9.51. The smallest absolute Gasteiger partial charge is 0.261 e. The quantitative estimate of drug-likeness (QED) is 0.898. The highest BCUT2D eigenvalue weighted by Gasteiger charge is 2.13. The summed E-state index contributed by atoms with van der Waals surface area (Å²) in [6.07, 6.45) is 1.84. The van der Waals surface area contributed by atoms with Crippen molar-refractivity contribution in [3.63, 3.8) is 0 Å². The molecular weight excluding hydrogens is 338 g/mol. The Hall–Kier alpha value is -1.59. The molecule has 2 rings (SSSR count). The predicted octanol–water partition coefficient (Wildman–Crippen LogP) is 4.16. The van der Waals surface area contributed by atoms with Crippen molar-refractivity contribution in [2.75, 3.05) is 4.72 Å². The van der Waals surface area contributed by atoms with E-state index in [0.29, 0.717) is 5.69 Å². The number of nitrogens with one attached hydrogen (secondary N) is 1. The van der Waals surface area contributed by atoms with Gasteiger partial charge in [-0.2, -0.15) is 0 Å². The van der Waals surface area contributed by atoms with E-state index in [0.717, 1.165) is 11.1 Å². The number of hydrogen-bond acceptors (Lipinski definition) is 2. The van der Waals surface area contributed by atoms with Crippen LogP contribution in [0.3, 0.4) is 0 Å². The molecule has 0 aliphatic carbocycles. The summed E-state index contributed by atoms with van der Waals surface area (Å²) in [5.74, 6) is 0. The largest absolute Gasteiger partial charge is 0.280 e. The van der Waals surface area contributed by atoms with E-state index in [-0.39, 0.29) is 4.90 Å². The lowest BCUT2D eigenvalue weighted by molar-refractivity contribution is 0.601. The molecule has 2 aromatic carbocycles. The van der Waals surface area contributed by atoms with Gasteiger partial charge in [0.1, 0.15) is 0 Å². The first-order valence-electron chi connectivity index (χ1n) is 5.97. The standard InChI is InChI=1S/C15H14BrNO2S/c1-12-2-6-14(7-3-12)17-20(18,19)15-8-4-13(5-9-15)10-11-16/h2-11,17H,1H3/b11-10-. The third-order valence-corrected chi connectivity index (χ3v) is 4.41. The van der Waals surface area contributed by atoms with Crippen molar-refractivity contribution in [1.29, 1.82) is 0 Å². The second-order valence-electron chi connectivity index (χ2n) is 4.33. The van der Waals surface area contributed by atoms with Crippen LogP contribution < -0.4 is 4.72 Å². The van der Waals surface area contributed by atoms with Crippen LogP contribution in [-0.4, -0.2) is 8.42 Å². The van der Waals surface area contributed by atoms with Gasteiger partial charge in [0, 0.05) is 5.69 Å². The molecular formula is C15H14BrNO2S. The van der Waals surface area contributed by atoms with Gasteiger partial charge in [0.15, 0.2) is 0 Å². The molecule has 104 valence electrons. The van der Waals surface area contributed by atoms with E-state index >= 15 is 0 Å². The average Bonchev–Trinajstić information content (AvgIpc) is 2.42. The van der Waals surface area contributed by atoms with Crippen LogP contribution in [0.5, 0.6) is 0 Å². The fourth-order valence-corrected chi connectivity index (χ4v) is 3.03. The maximum Gasteiger partial charge on any atom is 0.261 e. The number of aryl methyl sites for hydroxylation is 1. The van der Waals surface area contributed by atoms with E-state index in [1.54, 1.807) is 41.4 Å². The first-order valence-corrected chi connectivity index (χ1v) is 8.37. The molecule has 0 amide bonds. The molecule has 0 bridgehead atoms. The number of anilines is 1. The van der Waals surface area contributed by atoms with E-state index in [1.165, 1.54) is 0 Å². The summed E-state index contributed by atoms with van der Waals surface area (Å²) in [5.41, 5.74) is 2.56. The molecule has 1 N–H and O–H groups in total. The highest BCUT2D eigenvalue weighted by molar-refractivity contribution is 9.11. The summed E-state index contributed by atoms with van der Waals surface area (Å²) in [4.78, 5) is 1.96. The van der Waals surface area contributed by atoms with Crippen LogP contribution in [0.25, 0.3) is 6.08 Å². The van der Waals surface area contributed by atoms with Crippen molar-refractivity contribution in [3.8, 4) is 0 Å². The Bertz CT molecular complexity index is 705. The molecule has 3 nitrogen and oxygen atoms in total. The van der Waals surface area contributed by atoms with Crippen molar-refractivity contribution >= 4 is 37.7 Å². The lowest BCUT2D eigenvalue weighted by Crippen LogP contribution is -2.12. The van der Waals surface area contributed by atoms with Crippen molar-refractivity contribution in [2.24, 2.45) is 0 Å². The lowest BCUT2D eigenvalue weighted by atomic mass is 10.2. The van der Waals surface area contributed by atoms with Gasteiger partial charge in [-0.05, 0) is 47.8 Å². The molecule has 0 aliphatic rings. The van der Waals surface area contributed by atoms with Gasteiger partial charge in [-0.25, -0.2) is 8.42 Å². The molecule has 0 unspecified atom stereocenters. The summed E-state index contributed by atoms with van der Waals surface area (Å²) < 4.78 is 27.0. The average molecular weight is 352 g/mol. The third kappa shape index (κ3) is 3.71.